The Morgan fingerprint density at radius 2 is 1.68 bits per heavy atom. The van der Waals surface area contributed by atoms with E-state index >= 15 is 0 Å². The zero-order valence-corrected chi connectivity index (χ0v) is 21.9. The summed E-state index contributed by atoms with van der Waals surface area (Å²) in [5.41, 5.74) is 1.32. The highest BCUT2D eigenvalue weighted by Crippen LogP contribution is 2.35. The lowest BCUT2D eigenvalue weighted by atomic mass is 9.76. The Hall–Kier alpha value is -2.52. The highest BCUT2D eigenvalue weighted by atomic mass is 16.6. The summed E-state index contributed by atoms with van der Waals surface area (Å²) in [5.74, 6) is -0.790. The standard InChI is InChI=1S/C29H42O8/c1-4-5-6-7-22-8-14-26(15-9-22)37-29(34)24-12-10-23(11-13-24)25(18-35-27(32)20(2)16-30)19-36-28(33)21(3)17-31/h8-9,14-15,23-25,27,30-32H,2-7,10-13,16-19H2,1H3. The van der Waals surface area contributed by atoms with Crippen LogP contribution in [-0.4, -0.2) is 60.0 Å². The first-order chi connectivity index (χ1) is 17.8. The van der Waals surface area contributed by atoms with E-state index in [1.807, 2.05) is 24.3 Å². The third-order valence-corrected chi connectivity index (χ3v) is 6.91. The molecule has 0 heterocycles. The van der Waals surface area contributed by atoms with E-state index in [9.17, 15) is 14.7 Å². The van der Waals surface area contributed by atoms with E-state index in [-0.39, 0.29) is 48.1 Å². The predicted octanol–water partition coefficient (Wildman–Crippen LogP) is 3.72. The molecule has 37 heavy (non-hydrogen) atoms. The molecule has 2 rings (SSSR count). The van der Waals surface area contributed by atoms with Crippen molar-refractivity contribution in [3.63, 3.8) is 0 Å². The van der Waals surface area contributed by atoms with Gasteiger partial charge in [-0.2, -0.15) is 0 Å². The maximum Gasteiger partial charge on any atom is 0.335 e. The van der Waals surface area contributed by atoms with Crippen LogP contribution in [0.3, 0.4) is 0 Å². The molecule has 2 unspecified atom stereocenters. The van der Waals surface area contributed by atoms with Gasteiger partial charge >= 0.3 is 11.9 Å². The largest absolute Gasteiger partial charge is 0.462 e. The summed E-state index contributed by atoms with van der Waals surface area (Å²) in [6.45, 7) is 8.38. The molecule has 1 aromatic carbocycles. The molecule has 0 radical (unpaired) electrons. The third-order valence-electron chi connectivity index (χ3n) is 6.91. The molecule has 1 aromatic rings. The summed E-state index contributed by atoms with van der Waals surface area (Å²) in [4.78, 5) is 24.7. The summed E-state index contributed by atoms with van der Waals surface area (Å²) >= 11 is 0. The van der Waals surface area contributed by atoms with Crippen molar-refractivity contribution in [1.29, 1.82) is 0 Å². The Labute approximate surface area is 219 Å². The first kappa shape index (κ1) is 30.7. The van der Waals surface area contributed by atoms with Gasteiger partial charge in [-0.15, -0.1) is 0 Å². The summed E-state index contributed by atoms with van der Waals surface area (Å²) in [7, 11) is 0. The number of ether oxygens (including phenoxy) is 3. The monoisotopic (exact) mass is 518 g/mol. The van der Waals surface area contributed by atoms with Crippen LogP contribution in [0.1, 0.15) is 57.4 Å². The minimum absolute atomic E-state index is 0.0144. The Bertz CT molecular complexity index is 870. The smallest absolute Gasteiger partial charge is 0.335 e. The van der Waals surface area contributed by atoms with Crippen molar-refractivity contribution >= 4 is 11.9 Å². The van der Waals surface area contributed by atoms with Crippen LogP contribution in [0, 0.1) is 17.8 Å². The second kappa shape index (κ2) is 16.3. The van der Waals surface area contributed by atoms with Gasteiger partial charge < -0.3 is 29.5 Å². The molecule has 0 amide bonds. The van der Waals surface area contributed by atoms with Gasteiger partial charge in [0.05, 0.1) is 37.9 Å². The second-order valence-electron chi connectivity index (χ2n) is 9.76. The zero-order chi connectivity index (χ0) is 27.2. The van der Waals surface area contributed by atoms with Crippen molar-refractivity contribution < 1.29 is 39.1 Å². The Morgan fingerprint density at radius 1 is 1.00 bits per heavy atom. The van der Waals surface area contributed by atoms with Crippen molar-refractivity contribution in [2.45, 2.75) is 64.6 Å². The van der Waals surface area contributed by atoms with Gasteiger partial charge in [0.1, 0.15) is 5.75 Å². The summed E-state index contributed by atoms with van der Waals surface area (Å²) in [5, 5.41) is 28.2. The number of hydrogen-bond acceptors (Lipinski definition) is 8. The minimum atomic E-state index is -1.33. The molecule has 206 valence electrons. The van der Waals surface area contributed by atoms with E-state index in [0.29, 0.717) is 31.4 Å². The van der Waals surface area contributed by atoms with Crippen LogP contribution in [-0.2, 0) is 25.5 Å². The van der Waals surface area contributed by atoms with E-state index in [2.05, 4.69) is 20.1 Å². The number of aliphatic hydroxyl groups is 3. The third kappa shape index (κ3) is 10.4. The minimum Gasteiger partial charge on any atom is -0.462 e. The molecule has 0 bridgehead atoms. The fourth-order valence-corrected chi connectivity index (χ4v) is 4.41. The van der Waals surface area contributed by atoms with Crippen LogP contribution in [0.25, 0.3) is 0 Å². The number of rotatable bonds is 16. The lowest BCUT2D eigenvalue weighted by Gasteiger charge is -2.33. The molecule has 0 aromatic heterocycles. The summed E-state index contributed by atoms with van der Waals surface area (Å²) < 4.78 is 16.4. The predicted molar refractivity (Wildman–Crippen MR) is 140 cm³/mol. The number of unbranched alkanes of at least 4 members (excludes halogenated alkanes) is 2. The molecule has 3 N–H and O–H groups in total. The highest BCUT2D eigenvalue weighted by Gasteiger charge is 2.33. The number of hydrogen-bond donors (Lipinski definition) is 3. The van der Waals surface area contributed by atoms with Crippen molar-refractivity contribution in [2.75, 3.05) is 26.4 Å². The number of esters is 2. The molecule has 0 aliphatic heterocycles. The van der Waals surface area contributed by atoms with E-state index in [4.69, 9.17) is 24.4 Å². The average molecular weight is 519 g/mol. The lowest BCUT2D eigenvalue weighted by molar-refractivity contribution is -0.145. The van der Waals surface area contributed by atoms with Gasteiger partial charge in [0.25, 0.3) is 0 Å². The molecule has 1 aliphatic carbocycles. The molecule has 1 saturated carbocycles. The van der Waals surface area contributed by atoms with E-state index in [1.54, 1.807) is 0 Å². The Balaban J connectivity index is 1.90. The van der Waals surface area contributed by atoms with Crippen LogP contribution in [0.4, 0.5) is 0 Å². The van der Waals surface area contributed by atoms with Gasteiger partial charge in [-0.25, -0.2) is 4.79 Å². The highest BCUT2D eigenvalue weighted by molar-refractivity contribution is 5.87. The fraction of sp³-hybridized carbons (Fsp3) is 0.586. The van der Waals surface area contributed by atoms with Gasteiger partial charge in [0.2, 0.25) is 0 Å². The number of benzene rings is 1. The van der Waals surface area contributed by atoms with Crippen LogP contribution >= 0.6 is 0 Å². The van der Waals surface area contributed by atoms with Gasteiger partial charge in [0, 0.05) is 11.5 Å². The maximum atomic E-state index is 12.8. The van der Waals surface area contributed by atoms with Gasteiger partial charge in [-0.3, -0.25) is 4.79 Å². The van der Waals surface area contributed by atoms with Crippen molar-refractivity contribution in [3.8, 4) is 5.75 Å². The zero-order valence-electron chi connectivity index (χ0n) is 21.9. The molecule has 0 saturated heterocycles. The average Bonchev–Trinajstić information content (AvgIpc) is 2.92. The maximum absolute atomic E-state index is 12.8. The SMILES string of the molecule is C=C(CO)C(=O)OCC(COC(O)C(=C)CO)C1CCC(C(=O)Oc2ccc(CCCCC)cc2)CC1. The molecule has 1 fully saturated rings. The van der Waals surface area contributed by atoms with E-state index in [0.717, 1.165) is 12.8 Å². The van der Waals surface area contributed by atoms with Crippen molar-refractivity contribution in [3.05, 3.63) is 54.1 Å². The van der Waals surface area contributed by atoms with E-state index < -0.39 is 25.5 Å². The molecule has 1 aliphatic rings. The summed E-state index contributed by atoms with van der Waals surface area (Å²) in [6.07, 6.45) is 5.85. The van der Waals surface area contributed by atoms with Crippen LogP contribution in [0.2, 0.25) is 0 Å². The molecule has 8 heteroatoms. The van der Waals surface area contributed by atoms with Gasteiger partial charge in [0.15, 0.2) is 6.29 Å². The second-order valence-corrected chi connectivity index (χ2v) is 9.76. The number of carbonyl (C=O) groups excluding carboxylic acids is 2. The molecule has 8 nitrogen and oxygen atoms in total. The molecule has 2 atom stereocenters. The first-order valence-electron chi connectivity index (χ1n) is 13.1. The fourth-order valence-electron chi connectivity index (χ4n) is 4.41. The topological polar surface area (TPSA) is 123 Å². The molecular weight excluding hydrogens is 476 g/mol. The van der Waals surface area contributed by atoms with Crippen molar-refractivity contribution in [2.24, 2.45) is 17.8 Å². The van der Waals surface area contributed by atoms with Crippen LogP contribution in [0.15, 0.2) is 48.6 Å². The normalized spacial score (nSPS) is 19.0. The van der Waals surface area contributed by atoms with Crippen LogP contribution < -0.4 is 4.74 Å². The Morgan fingerprint density at radius 3 is 2.27 bits per heavy atom. The van der Waals surface area contributed by atoms with E-state index in [1.165, 1.54) is 18.4 Å². The quantitative estimate of drug-likeness (QED) is 0.0756. The van der Waals surface area contributed by atoms with Crippen molar-refractivity contribution in [1.82, 2.24) is 0 Å². The molecule has 0 spiro atoms. The number of aliphatic hydroxyl groups excluding tert-OH is 3. The number of carbonyl (C=O) groups is 2. The van der Waals surface area contributed by atoms with Gasteiger partial charge in [-0.1, -0.05) is 45.1 Å². The Kier molecular flexibility index (Phi) is 13.6. The van der Waals surface area contributed by atoms with Gasteiger partial charge in [-0.05, 0) is 62.1 Å². The summed E-state index contributed by atoms with van der Waals surface area (Å²) in [6, 6.07) is 7.70. The van der Waals surface area contributed by atoms with Crippen LogP contribution in [0.5, 0.6) is 5.75 Å². The molecular formula is C29H42O8. The first-order valence-corrected chi connectivity index (χ1v) is 13.1. The number of aryl methyl sites for hydroxylation is 1. The lowest BCUT2D eigenvalue weighted by Crippen LogP contribution is -2.34.